The molecule has 1 saturated heterocycles. The second kappa shape index (κ2) is 5.98. The summed E-state index contributed by atoms with van der Waals surface area (Å²) in [5.74, 6) is 0.635. The van der Waals surface area contributed by atoms with Gasteiger partial charge in [0.25, 0.3) is 0 Å². The molecule has 0 aromatic rings. The zero-order valence-electron chi connectivity index (χ0n) is 14.0. The second-order valence-corrected chi connectivity index (χ2v) is 7.18. The van der Waals surface area contributed by atoms with E-state index in [1.165, 1.54) is 0 Å². The van der Waals surface area contributed by atoms with Crippen LogP contribution in [0.1, 0.15) is 72.6 Å². The number of nitrogens with one attached hydrogen (secondary N) is 1. The van der Waals surface area contributed by atoms with E-state index in [-0.39, 0.29) is 11.8 Å². The molecule has 2 rings (SSSR count). The highest BCUT2D eigenvalue weighted by molar-refractivity contribution is 6.02. The minimum absolute atomic E-state index is 0.0372. The van der Waals surface area contributed by atoms with Gasteiger partial charge < -0.3 is 10.2 Å². The van der Waals surface area contributed by atoms with E-state index >= 15 is 0 Å². The molecule has 1 spiro atoms. The highest BCUT2D eigenvalue weighted by Crippen LogP contribution is 2.38. The first-order chi connectivity index (χ1) is 9.89. The Hall–Kier alpha value is -1.06. The predicted octanol–water partition coefficient (Wildman–Crippen LogP) is 2.86. The fourth-order valence-electron chi connectivity index (χ4n) is 3.86. The number of nitrogens with zero attached hydrogens (tertiary/aromatic N) is 1. The van der Waals surface area contributed by atoms with E-state index in [1.54, 1.807) is 0 Å². The zero-order chi connectivity index (χ0) is 15.7. The average Bonchev–Trinajstić information content (AvgIpc) is 2.91. The minimum atomic E-state index is -0.688. The highest BCUT2D eigenvalue weighted by atomic mass is 16.2. The van der Waals surface area contributed by atoms with Crippen LogP contribution in [-0.2, 0) is 9.59 Å². The van der Waals surface area contributed by atoms with Crippen molar-refractivity contribution in [3.8, 4) is 0 Å². The maximum absolute atomic E-state index is 13.1. The summed E-state index contributed by atoms with van der Waals surface area (Å²) < 4.78 is 0. The Balaban J connectivity index is 2.29. The van der Waals surface area contributed by atoms with Gasteiger partial charge in [0.1, 0.15) is 11.1 Å². The van der Waals surface area contributed by atoms with E-state index in [1.807, 2.05) is 18.7 Å². The van der Waals surface area contributed by atoms with Crippen LogP contribution >= 0.6 is 0 Å². The van der Waals surface area contributed by atoms with Crippen molar-refractivity contribution in [3.63, 3.8) is 0 Å². The Morgan fingerprint density at radius 2 is 1.86 bits per heavy atom. The van der Waals surface area contributed by atoms with Crippen molar-refractivity contribution in [1.29, 1.82) is 0 Å². The van der Waals surface area contributed by atoms with Gasteiger partial charge in [-0.1, -0.05) is 40.0 Å². The van der Waals surface area contributed by atoms with Crippen LogP contribution in [-0.4, -0.2) is 34.3 Å². The number of carbonyl (C=O) groups excluding carboxylic acids is 2. The van der Waals surface area contributed by atoms with Crippen LogP contribution < -0.4 is 5.32 Å². The quantitative estimate of drug-likeness (QED) is 0.847. The molecule has 1 saturated carbocycles. The highest BCUT2D eigenvalue weighted by Gasteiger charge is 2.56. The molecular formula is C17H30N2O2. The van der Waals surface area contributed by atoms with Gasteiger partial charge in [-0.25, -0.2) is 0 Å². The minimum Gasteiger partial charge on any atom is -0.340 e. The van der Waals surface area contributed by atoms with E-state index in [0.29, 0.717) is 18.9 Å². The van der Waals surface area contributed by atoms with Gasteiger partial charge in [0, 0.05) is 6.54 Å². The smallest absolute Gasteiger partial charge is 0.249 e. The van der Waals surface area contributed by atoms with Crippen molar-refractivity contribution >= 4 is 11.8 Å². The van der Waals surface area contributed by atoms with Crippen molar-refractivity contribution in [2.75, 3.05) is 6.54 Å². The first-order valence-electron chi connectivity index (χ1n) is 8.54. The van der Waals surface area contributed by atoms with Crippen LogP contribution in [0.5, 0.6) is 0 Å². The summed E-state index contributed by atoms with van der Waals surface area (Å²) in [5, 5.41) is 3.09. The lowest BCUT2D eigenvalue weighted by atomic mass is 9.82. The molecule has 1 aliphatic carbocycles. The van der Waals surface area contributed by atoms with Gasteiger partial charge in [-0.3, -0.25) is 9.59 Å². The SMILES string of the molecule is CCCC(C)CN1C(=O)C2(CCCC2)NC(=O)C1(C)CC. The number of hydrogen-bond acceptors (Lipinski definition) is 2. The molecule has 1 heterocycles. The number of carbonyl (C=O) groups is 2. The average molecular weight is 294 g/mol. The monoisotopic (exact) mass is 294 g/mol. The maximum Gasteiger partial charge on any atom is 0.249 e. The molecule has 1 aliphatic heterocycles. The fourth-order valence-corrected chi connectivity index (χ4v) is 3.86. The molecule has 120 valence electrons. The summed E-state index contributed by atoms with van der Waals surface area (Å²) in [6, 6.07) is 0. The van der Waals surface area contributed by atoms with Gasteiger partial charge in [0.05, 0.1) is 0 Å². The predicted molar refractivity (Wildman–Crippen MR) is 83.8 cm³/mol. The number of amides is 2. The Kier molecular flexibility index (Phi) is 4.64. The summed E-state index contributed by atoms with van der Waals surface area (Å²) in [6.07, 6.45) is 6.55. The van der Waals surface area contributed by atoms with E-state index in [4.69, 9.17) is 0 Å². The van der Waals surface area contributed by atoms with E-state index < -0.39 is 11.1 Å². The van der Waals surface area contributed by atoms with E-state index in [0.717, 1.165) is 38.5 Å². The van der Waals surface area contributed by atoms with Crippen LogP contribution in [0.4, 0.5) is 0 Å². The third-order valence-corrected chi connectivity index (χ3v) is 5.51. The lowest BCUT2D eigenvalue weighted by Crippen LogP contribution is -2.74. The zero-order valence-corrected chi connectivity index (χ0v) is 14.0. The van der Waals surface area contributed by atoms with E-state index in [2.05, 4.69) is 19.2 Å². The molecule has 2 aliphatic rings. The fraction of sp³-hybridized carbons (Fsp3) is 0.882. The Morgan fingerprint density at radius 3 is 2.38 bits per heavy atom. The maximum atomic E-state index is 13.1. The molecule has 2 fully saturated rings. The summed E-state index contributed by atoms with van der Waals surface area (Å²) in [7, 11) is 0. The van der Waals surface area contributed by atoms with Gasteiger partial charge in [-0.2, -0.15) is 0 Å². The normalized spacial score (nSPS) is 29.8. The molecule has 2 atom stereocenters. The summed E-state index contributed by atoms with van der Waals surface area (Å²) in [6.45, 7) is 8.96. The van der Waals surface area contributed by atoms with Crippen molar-refractivity contribution < 1.29 is 9.59 Å². The largest absolute Gasteiger partial charge is 0.340 e. The third-order valence-electron chi connectivity index (χ3n) is 5.51. The molecule has 0 aromatic heterocycles. The van der Waals surface area contributed by atoms with Crippen molar-refractivity contribution in [2.24, 2.45) is 5.92 Å². The summed E-state index contributed by atoms with van der Waals surface area (Å²) in [4.78, 5) is 27.7. The van der Waals surface area contributed by atoms with Crippen LogP contribution in [0, 0.1) is 5.92 Å². The van der Waals surface area contributed by atoms with Crippen molar-refractivity contribution in [1.82, 2.24) is 10.2 Å². The Morgan fingerprint density at radius 1 is 1.24 bits per heavy atom. The van der Waals surface area contributed by atoms with Gasteiger partial charge >= 0.3 is 0 Å². The van der Waals surface area contributed by atoms with Crippen molar-refractivity contribution in [3.05, 3.63) is 0 Å². The summed E-state index contributed by atoms with van der Waals surface area (Å²) >= 11 is 0. The summed E-state index contributed by atoms with van der Waals surface area (Å²) in [5.41, 5.74) is -1.29. The van der Waals surface area contributed by atoms with Crippen LogP contribution in [0.2, 0.25) is 0 Å². The Bertz CT molecular complexity index is 415. The number of piperazine rings is 1. The van der Waals surface area contributed by atoms with E-state index in [9.17, 15) is 9.59 Å². The van der Waals surface area contributed by atoms with Gasteiger partial charge in [-0.15, -0.1) is 0 Å². The molecular weight excluding hydrogens is 264 g/mol. The van der Waals surface area contributed by atoms with Crippen LogP contribution in [0.25, 0.3) is 0 Å². The number of rotatable bonds is 5. The molecule has 0 radical (unpaired) electrons. The molecule has 4 heteroatoms. The van der Waals surface area contributed by atoms with Gasteiger partial charge in [-0.05, 0) is 38.5 Å². The van der Waals surface area contributed by atoms with Crippen molar-refractivity contribution in [2.45, 2.75) is 83.7 Å². The standard InChI is InChI=1S/C17H30N2O2/c1-5-9-13(3)12-19-15(21)17(10-7-8-11-17)18-14(20)16(19,4)6-2/h13H,5-12H2,1-4H3,(H,18,20). The van der Waals surface area contributed by atoms with Crippen LogP contribution in [0.3, 0.4) is 0 Å². The molecule has 4 nitrogen and oxygen atoms in total. The number of hydrogen-bond donors (Lipinski definition) is 1. The topological polar surface area (TPSA) is 49.4 Å². The molecule has 1 N–H and O–H groups in total. The molecule has 2 amide bonds. The van der Waals surface area contributed by atoms with Crippen LogP contribution in [0.15, 0.2) is 0 Å². The molecule has 2 unspecified atom stereocenters. The van der Waals surface area contributed by atoms with Gasteiger partial charge in [0.15, 0.2) is 0 Å². The first-order valence-corrected chi connectivity index (χ1v) is 8.54. The third kappa shape index (κ3) is 2.69. The lowest BCUT2D eigenvalue weighted by molar-refractivity contribution is -0.163. The molecule has 21 heavy (non-hydrogen) atoms. The molecule has 0 bridgehead atoms. The molecule has 0 aromatic carbocycles. The lowest BCUT2D eigenvalue weighted by Gasteiger charge is -2.50. The second-order valence-electron chi connectivity index (χ2n) is 7.18. The first kappa shape index (κ1) is 16.3. The van der Waals surface area contributed by atoms with Gasteiger partial charge in [0.2, 0.25) is 11.8 Å². The Labute approximate surface area is 128 Å².